The number of benzene rings is 1. The third-order valence-corrected chi connectivity index (χ3v) is 2.63. The second kappa shape index (κ2) is 3.87. The molecule has 1 aromatic heterocycles. The molecule has 0 aliphatic heterocycles. The van der Waals surface area contributed by atoms with Crippen LogP contribution in [-0.4, -0.2) is 9.78 Å². The van der Waals surface area contributed by atoms with Gasteiger partial charge in [-0.3, -0.25) is 4.68 Å². The van der Waals surface area contributed by atoms with E-state index in [0.29, 0.717) is 6.54 Å². The molecule has 78 valence electrons. The minimum Gasteiger partial charge on any atom is -0.326 e. The van der Waals surface area contributed by atoms with Crippen LogP contribution in [0.15, 0.2) is 30.5 Å². The normalized spacial score (nSPS) is 10.6. The number of rotatable bonds is 2. The van der Waals surface area contributed by atoms with E-state index in [-0.39, 0.29) is 0 Å². The van der Waals surface area contributed by atoms with Crippen LogP contribution in [0.3, 0.4) is 0 Å². The van der Waals surface area contributed by atoms with Crippen molar-refractivity contribution in [3.8, 4) is 11.3 Å². The molecule has 0 atom stereocenters. The maximum absolute atomic E-state index is 5.64. The highest BCUT2D eigenvalue weighted by Gasteiger charge is 2.06. The van der Waals surface area contributed by atoms with Gasteiger partial charge in [0.15, 0.2) is 0 Å². The number of nitrogens with zero attached hydrogens (tertiary/aromatic N) is 2. The molecule has 0 fully saturated rings. The first kappa shape index (κ1) is 9.93. The third kappa shape index (κ3) is 1.78. The van der Waals surface area contributed by atoms with Crippen LogP contribution in [0.1, 0.15) is 11.1 Å². The van der Waals surface area contributed by atoms with E-state index in [2.05, 4.69) is 30.2 Å². The first-order valence-electron chi connectivity index (χ1n) is 5.00. The summed E-state index contributed by atoms with van der Waals surface area (Å²) < 4.78 is 1.88. The fourth-order valence-electron chi connectivity index (χ4n) is 1.71. The smallest absolute Gasteiger partial charge is 0.0681 e. The zero-order valence-corrected chi connectivity index (χ0v) is 9.07. The number of hydrogen-bond donors (Lipinski definition) is 1. The van der Waals surface area contributed by atoms with Crippen LogP contribution in [0.25, 0.3) is 11.3 Å². The zero-order chi connectivity index (χ0) is 10.8. The van der Waals surface area contributed by atoms with E-state index >= 15 is 0 Å². The first-order chi connectivity index (χ1) is 7.22. The molecule has 0 spiro atoms. The Hall–Kier alpha value is -1.61. The lowest BCUT2D eigenvalue weighted by atomic mass is 10.0. The molecule has 2 N–H and O–H groups in total. The Labute approximate surface area is 89.5 Å². The van der Waals surface area contributed by atoms with Gasteiger partial charge in [-0.1, -0.05) is 12.1 Å². The molecule has 0 bridgehead atoms. The highest BCUT2D eigenvalue weighted by atomic mass is 15.3. The van der Waals surface area contributed by atoms with Gasteiger partial charge < -0.3 is 5.73 Å². The Kier molecular flexibility index (Phi) is 2.56. The van der Waals surface area contributed by atoms with Gasteiger partial charge in [0.1, 0.15) is 0 Å². The van der Waals surface area contributed by atoms with Crippen molar-refractivity contribution in [3.05, 3.63) is 41.6 Å². The Morgan fingerprint density at radius 2 is 2.13 bits per heavy atom. The quantitative estimate of drug-likeness (QED) is 0.806. The van der Waals surface area contributed by atoms with Crippen molar-refractivity contribution in [2.45, 2.75) is 13.5 Å². The Balaban J connectivity index is 2.56. The number of aryl methyl sites for hydroxylation is 2. The van der Waals surface area contributed by atoms with Crippen molar-refractivity contribution in [2.75, 3.05) is 0 Å². The summed E-state index contributed by atoms with van der Waals surface area (Å²) in [5.41, 5.74) is 10.4. The standard InChI is InChI=1S/C12H15N3/c1-9-3-4-10(8-13)7-11(9)12-5-6-14-15(12)2/h3-7H,8,13H2,1-2H3. The van der Waals surface area contributed by atoms with Crippen LogP contribution in [0.4, 0.5) is 0 Å². The third-order valence-electron chi connectivity index (χ3n) is 2.63. The molecule has 1 aromatic carbocycles. The van der Waals surface area contributed by atoms with Crippen LogP contribution in [0.2, 0.25) is 0 Å². The second-order valence-corrected chi connectivity index (χ2v) is 3.69. The van der Waals surface area contributed by atoms with Gasteiger partial charge in [-0.25, -0.2) is 0 Å². The molecule has 2 aromatic rings. The molecule has 3 nitrogen and oxygen atoms in total. The number of nitrogens with two attached hydrogens (primary N) is 1. The second-order valence-electron chi connectivity index (χ2n) is 3.69. The van der Waals surface area contributed by atoms with Crippen LogP contribution in [-0.2, 0) is 13.6 Å². The Bertz CT molecular complexity index is 471. The maximum atomic E-state index is 5.64. The maximum Gasteiger partial charge on any atom is 0.0681 e. The summed E-state index contributed by atoms with van der Waals surface area (Å²) in [5.74, 6) is 0. The molecule has 0 unspecified atom stereocenters. The molecular formula is C12H15N3. The lowest BCUT2D eigenvalue weighted by Gasteiger charge is -2.08. The van der Waals surface area contributed by atoms with Gasteiger partial charge in [-0.2, -0.15) is 5.10 Å². The van der Waals surface area contributed by atoms with Crippen molar-refractivity contribution in [1.82, 2.24) is 9.78 Å². The summed E-state index contributed by atoms with van der Waals surface area (Å²) in [6, 6.07) is 8.31. The molecule has 0 saturated heterocycles. The minimum atomic E-state index is 0.575. The van der Waals surface area contributed by atoms with Crippen molar-refractivity contribution >= 4 is 0 Å². The molecule has 0 saturated carbocycles. The predicted octanol–water partition coefficient (Wildman–Crippen LogP) is 1.85. The average Bonchev–Trinajstić information content (AvgIpc) is 2.65. The van der Waals surface area contributed by atoms with Gasteiger partial charge in [0.2, 0.25) is 0 Å². The molecule has 3 heteroatoms. The van der Waals surface area contributed by atoms with E-state index in [0.717, 1.165) is 11.3 Å². The van der Waals surface area contributed by atoms with Crippen molar-refractivity contribution < 1.29 is 0 Å². The average molecular weight is 201 g/mol. The lowest BCUT2D eigenvalue weighted by Crippen LogP contribution is -1.99. The number of aromatic nitrogens is 2. The topological polar surface area (TPSA) is 43.8 Å². The predicted molar refractivity (Wildman–Crippen MR) is 61.3 cm³/mol. The van der Waals surface area contributed by atoms with Crippen molar-refractivity contribution in [1.29, 1.82) is 0 Å². The van der Waals surface area contributed by atoms with E-state index in [1.807, 2.05) is 24.0 Å². The summed E-state index contributed by atoms with van der Waals surface area (Å²) in [6.45, 7) is 2.67. The monoisotopic (exact) mass is 201 g/mol. The van der Waals surface area contributed by atoms with Gasteiger partial charge in [-0.15, -0.1) is 0 Å². The number of hydrogen-bond acceptors (Lipinski definition) is 2. The Morgan fingerprint density at radius 3 is 2.73 bits per heavy atom. The highest BCUT2D eigenvalue weighted by molar-refractivity contribution is 5.64. The molecule has 0 aliphatic rings. The van der Waals surface area contributed by atoms with E-state index in [1.54, 1.807) is 0 Å². The van der Waals surface area contributed by atoms with E-state index in [4.69, 9.17) is 5.73 Å². The molecule has 2 rings (SSSR count). The van der Waals surface area contributed by atoms with Crippen LogP contribution in [0.5, 0.6) is 0 Å². The van der Waals surface area contributed by atoms with Gasteiger partial charge in [0.05, 0.1) is 5.69 Å². The van der Waals surface area contributed by atoms with E-state index in [9.17, 15) is 0 Å². The van der Waals surface area contributed by atoms with Gasteiger partial charge in [0, 0.05) is 25.4 Å². The first-order valence-corrected chi connectivity index (χ1v) is 5.00. The molecule has 0 aliphatic carbocycles. The van der Waals surface area contributed by atoms with Crippen molar-refractivity contribution in [3.63, 3.8) is 0 Å². The van der Waals surface area contributed by atoms with Gasteiger partial charge in [-0.05, 0) is 30.2 Å². The lowest BCUT2D eigenvalue weighted by molar-refractivity contribution is 0.775. The van der Waals surface area contributed by atoms with Gasteiger partial charge >= 0.3 is 0 Å². The zero-order valence-electron chi connectivity index (χ0n) is 9.07. The fourth-order valence-corrected chi connectivity index (χ4v) is 1.71. The van der Waals surface area contributed by atoms with Gasteiger partial charge in [0.25, 0.3) is 0 Å². The van der Waals surface area contributed by atoms with Crippen LogP contribution >= 0.6 is 0 Å². The van der Waals surface area contributed by atoms with Crippen LogP contribution < -0.4 is 5.73 Å². The summed E-state index contributed by atoms with van der Waals surface area (Å²) >= 11 is 0. The summed E-state index contributed by atoms with van der Waals surface area (Å²) in [6.07, 6.45) is 1.81. The Morgan fingerprint density at radius 1 is 1.33 bits per heavy atom. The molecule has 0 amide bonds. The largest absolute Gasteiger partial charge is 0.326 e. The summed E-state index contributed by atoms with van der Waals surface area (Å²) in [5, 5.41) is 4.18. The highest BCUT2D eigenvalue weighted by Crippen LogP contribution is 2.23. The van der Waals surface area contributed by atoms with E-state index in [1.165, 1.54) is 11.1 Å². The molecule has 1 heterocycles. The molecule has 0 radical (unpaired) electrons. The summed E-state index contributed by atoms with van der Waals surface area (Å²) in [7, 11) is 1.95. The molecular weight excluding hydrogens is 186 g/mol. The van der Waals surface area contributed by atoms with Crippen LogP contribution in [0, 0.1) is 6.92 Å². The molecule has 15 heavy (non-hydrogen) atoms. The SMILES string of the molecule is Cc1ccc(CN)cc1-c1ccnn1C. The minimum absolute atomic E-state index is 0.575. The fraction of sp³-hybridized carbons (Fsp3) is 0.250. The summed E-state index contributed by atoms with van der Waals surface area (Å²) in [4.78, 5) is 0. The van der Waals surface area contributed by atoms with E-state index < -0.39 is 0 Å². The van der Waals surface area contributed by atoms with Crippen molar-refractivity contribution in [2.24, 2.45) is 12.8 Å².